The fourth-order valence-corrected chi connectivity index (χ4v) is 1.89. The number of rotatable bonds is 4. The van der Waals surface area contributed by atoms with Gasteiger partial charge in [0, 0.05) is 11.8 Å². The lowest BCUT2D eigenvalue weighted by molar-refractivity contribution is 0.505. The summed E-state index contributed by atoms with van der Waals surface area (Å²) in [6.45, 7) is 2.48. The van der Waals surface area contributed by atoms with Gasteiger partial charge in [0.25, 0.3) is 0 Å². The van der Waals surface area contributed by atoms with E-state index in [4.69, 9.17) is 0 Å². The Bertz CT molecular complexity index is 494. The van der Waals surface area contributed by atoms with Crippen LogP contribution in [0.15, 0.2) is 42.6 Å². The van der Waals surface area contributed by atoms with Gasteiger partial charge in [0.05, 0.1) is 11.7 Å². The van der Waals surface area contributed by atoms with Gasteiger partial charge in [-0.25, -0.2) is 8.78 Å². The Kier molecular flexibility index (Phi) is 3.99. The summed E-state index contributed by atoms with van der Waals surface area (Å²) in [7, 11) is 0. The zero-order valence-corrected chi connectivity index (χ0v) is 10.0. The molecular weight excluding hydrogens is 234 g/mol. The van der Waals surface area contributed by atoms with Crippen LogP contribution in [0.1, 0.15) is 24.2 Å². The maximum absolute atomic E-state index is 13.8. The molecule has 1 atom stereocenters. The van der Waals surface area contributed by atoms with Gasteiger partial charge in [0.2, 0.25) is 0 Å². The Hall–Kier alpha value is -1.81. The van der Waals surface area contributed by atoms with E-state index in [9.17, 15) is 8.78 Å². The van der Waals surface area contributed by atoms with E-state index in [1.807, 2.05) is 6.92 Å². The quantitative estimate of drug-likeness (QED) is 0.899. The number of benzene rings is 1. The number of hydrogen-bond donors (Lipinski definition) is 1. The Morgan fingerprint density at radius 1 is 1.11 bits per heavy atom. The third kappa shape index (κ3) is 2.54. The van der Waals surface area contributed by atoms with Gasteiger partial charge in [-0.1, -0.05) is 19.1 Å². The number of nitrogens with one attached hydrogen (secondary N) is 1. The van der Waals surface area contributed by atoms with Crippen LogP contribution in [0.3, 0.4) is 0 Å². The lowest BCUT2D eigenvalue weighted by atomic mass is 10.0. The van der Waals surface area contributed by atoms with Crippen LogP contribution in [0.5, 0.6) is 0 Å². The van der Waals surface area contributed by atoms with Crippen LogP contribution in [0, 0.1) is 11.6 Å². The number of hydrogen-bond acceptors (Lipinski definition) is 2. The van der Waals surface area contributed by atoms with Gasteiger partial charge in [0.15, 0.2) is 0 Å². The van der Waals surface area contributed by atoms with Crippen LogP contribution >= 0.6 is 0 Å². The highest BCUT2D eigenvalue weighted by Gasteiger charge is 2.21. The Morgan fingerprint density at radius 3 is 2.39 bits per heavy atom. The first-order valence-electron chi connectivity index (χ1n) is 5.82. The molecule has 0 aliphatic heterocycles. The molecule has 18 heavy (non-hydrogen) atoms. The summed E-state index contributed by atoms with van der Waals surface area (Å²) in [5.41, 5.74) is 0.612. The van der Waals surface area contributed by atoms with Crippen LogP contribution in [-0.2, 0) is 0 Å². The first-order chi connectivity index (χ1) is 8.74. The number of halogens is 2. The zero-order chi connectivity index (χ0) is 13.0. The topological polar surface area (TPSA) is 24.9 Å². The Labute approximate surface area is 105 Å². The van der Waals surface area contributed by atoms with E-state index in [2.05, 4.69) is 10.3 Å². The molecule has 1 heterocycles. The molecule has 0 spiro atoms. The molecule has 0 saturated heterocycles. The summed E-state index contributed by atoms with van der Waals surface area (Å²) >= 11 is 0. The van der Waals surface area contributed by atoms with Crippen molar-refractivity contribution >= 4 is 0 Å². The van der Waals surface area contributed by atoms with Crippen molar-refractivity contribution < 1.29 is 8.78 Å². The van der Waals surface area contributed by atoms with Crippen LogP contribution in [0.2, 0.25) is 0 Å². The molecule has 2 nitrogen and oxygen atoms in total. The van der Waals surface area contributed by atoms with E-state index >= 15 is 0 Å². The molecule has 0 radical (unpaired) electrons. The van der Waals surface area contributed by atoms with Crippen LogP contribution in [0.4, 0.5) is 8.78 Å². The molecule has 0 amide bonds. The van der Waals surface area contributed by atoms with Crippen molar-refractivity contribution in [3.05, 3.63) is 65.5 Å². The van der Waals surface area contributed by atoms with E-state index in [0.29, 0.717) is 12.2 Å². The average molecular weight is 248 g/mol. The summed E-state index contributed by atoms with van der Waals surface area (Å²) in [6.07, 6.45) is 1.61. The lowest BCUT2D eigenvalue weighted by Crippen LogP contribution is -2.25. The smallest absolute Gasteiger partial charge is 0.131 e. The molecule has 1 aromatic heterocycles. The molecule has 4 heteroatoms. The molecule has 1 unspecified atom stereocenters. The monoisotopic (exact) mass is 248 g/mol. The Morgan fingerprint density at radius 2 is 1.83 bits per heavy atom. The van der Waals surface area contributed by atoms with E-state index < -0.39 is 17.7 Å². The predicted molar refractivity (Wildman–Crippen MR) is 66.1 cm³/mol. The second-order valence-corrected chi connectivity index (χ2v) is 3.88. The van der Waals surface area contributed by atoms with E-state index in [0.717, 1.165) is 0 Å². The molecule has 0 aliphatic rings. The van der Waals surface area contributed by atoms with Crippen LogP contribution < -0.4 is 5.32 Å². The standard InChI is InChI=1S/C14H14F2N2/c1-2-17-14(12-8-3-4-9-18-12)13-10(15)6-5-7-11(13)16/h3-9,14,17H,2H2,1H3. The number of nitrogens with zero attached hydrogens (tertiary/aromatic N) is 1. The predicted octanol–water partition coefficient (Wildman–Crippen LogP) is 3.06. The lowest BCUT2D eigenvalue weighted by Gasteiger charge is -2.19. The van der Waals surface area contributed by atoms with Crippen molar-refractivity contribution in [1.29, 1.82) is 0 Å². The second kappa shape index (κ2) is 5.69. The molecule has 94 valence electrons. The normalized spacial score (nSPS) is 12.4. The fraction of sp³-hybridized carbons (Fsp3) is 0.214. The number of pyridine rings is 1. The molecule has 2 aromatic rings. The summed E-state index contributed by atoms with van der Waals surface area (Å²) in [5.74, 6) is -1.13. The van der Waals surface area contributed by atoms with Gasteiger partial charge in [-0.2, -0.15) is 0 Å². The minimum atomic E-state index is -0.572. The van der Waals surface area contributed by atoms with Crippen LogP contribution in [-0.4, -0.2) is 11.5 Å². The van der Waals surface area contributed by atoms with Crippen molar-refractivity contribution in [2.45, 2.75) is 13.0 Å². The largest absolute Gasteiger partial charge is 0.305 e. The van der Waals surface area contributed by atoms with Crippen LogP contribution in [0.25, 0.3) is 0 Å². The molecule has 0 fully saturated rings. The number of aromatic nitrogens is 1. The SMILES string of the molecule is CCNC(c1ccccn1)c1c(F)cccc1F. The van der Waals surface area contributed by atoms with Gasteiger partial charge < -0.3 is 5.32 Å². The third-order valence-corrected chi connectivity index (χ3v) is 2.68. The van der Waals surface area contributed by atoms with Crippen molar-refractivity contribution in [2.75, 3.05) is 6.54 Å². The first-order valence-corrected chi connectivity index (χ1v) is 5.82. The molecule has 2 rings (SSSR count). The molecule has 0 saturated carbocycles. The average Bonchev–Trinajstić information content (AvgIpc) is 2.38. The molecule has 0 aliphatic carbocycles. The summed E-state index contributed by atoms with van der Waals surface area (Å²) in [5, 5.41) is 3.05. The highest BCUT2D eigenvalue weighted by molar-refractivity contribution is 5.30. The van der Waals surface area contributed by atoms with Gasteiger partial charge in [-0.15, -0.1) is 0 Å². The van der Waals surface area contributed by atoms with Crippen molar-refractivity contribution in [2.24, 2.45) is 0 Å². The van der Waals surface area contributed by atoms with Crippen molar-refractivity contribution in [3.8, 4) is 0 Å². The maximum Gasteiger partial charge on any atom is 0.131 e. The second-order valence-electron chi connectivity index (χ2n) is 3.88. The van der Waals surface area contributed by atoms with E-state index in [1.165, 1.54) is 18.2 Å². The minimum absolute atomic E-state index is 0.0121. The van der Waals surface area contributed by atoms with Crippen molar-refractivity contribution in [1.82, 2.24) is 10.3 Å². The zero-order valence-electron chi connectivity index (χ0n) is 10.0. The van der Waals surface area contributed by atoms with E-state index in [1.54, 1.807) is 24.4 Å². The van der Waals surface area contributed by atoms with Gasteiger partial charge in [-0.3, -0.25) is 4.98 Å². The summed E-state index contributed by atoms with van der Waals surface area (Å²) in [4.78, 5) is 4.16. The molecular formula is C14H14F2N2. The highest BCUT2D eigenvalue weighted by Crippen LogP contribution is 2.25. The Balaban J connectivity index is 2.48. The molecule has 1 aromatic carbocycles. The van der Waals surface area contributed by atoms with Gasteiger partial charge in [-0.05, 0) is 30.8 Å². The maximum atomic E-state index is 13.8. The van der Waals surface area contributed by atoms with E-state index in [-0.39, 0.29) is 5.56 Å². The fourth-order valence-electron chi connectivity index (χ4n) is 1.89. The molecule has 1 N–H and O–H groups in total. The first kappa shape index (κ1) is 12.6. The van der Waals surface area contributed by atoms with Gasteiger partial charge in [0.1, 0.15) is 11.6 Å². The van der Waals surface area contributed by atoms with Gasteiger partial charge >= 0.3 is 0 Å². The summed E-state index contributed by atoms with van der Waals surface area (Å²) < 4.78 is 27.6. The highest BCUT2D eigenvalue weighted by atomic mass is 19.1. The molecule has 0 bridgehead atoms. The minimum Gasteiger partial charge on any atom is -0.305 e. The third-order valence-electron chi connectivity index (χ3n) is 2.68. The van der Waals surface area contributed by atoms with Crippen molar-refractivity contribution in [3.63, 3.8) is 0 Å². The summed E-state index contributed by atoms with van der Waals surface area (Å²) in [6, 6.07) is 8.61.